The van der Waals surface area contributed by atoms with E-state index in [-0.39, 0.29) is 0 Å². The lowest BCUT2D eigenvalue weighted by atomic mass is 10.3. The molecule has 0 fully saturated rings. The number of rotatable bonds is 2. The Morgan fingerprint density at radius 3 is 2.44 bits per heavy atom. The molecule has 0 saturated heterocycles. The molecule has 3 rings (SSSR count). The van der Waals surface area contributed by atoms with Crippen LogP contribution >= 0.6 is 11.8 Å². The third-order valence-electron chi connectivity index (χ3n) is 2.22. The Labute approximate surface area is 97.3 Å². The minimum Gasteiger partial charge on any atom is -0.431 e. The first-order chi connectivity index (χ1) is 7.92. The van der Waals surface area contributed by atoms with Crippen molar-refractivity contribution >= 4 is 22.9 Å². The van der Waals surface area contributed by atoms with Crippen molar-refractivity contribution in [3.63, 3.8) is 0 Å². The van der Waals surface area contributed by atoms with E-state index in [1.54, 1.807) is 0 Å². The largest absolute Gasteiger partial charge is 0.431 e. The molecule has 3 aromatic rings. The van der Waals surface area contributed by atoms with E-state index in [4.69, 9.17) is 4.42 Å². The summed E-state index contributed by atoms with van der Waals surface area (Å²) in [6, 6.07) is 17.9. The molecular weight excluding hydrogens is 218 g/mol. The van der Waals surface area contributed by atoms with Gasteiger partial charge in [0.1, 0.15) is 5.52 Å². The van der Waals surface area contributed by atoms with E-state index < -0.39 is 0 Å². The molecule has 0 aliphatic rings. The summed E-state index contributed by atoms with van der Waals surface area (Å²) in [7, 11) is 0. The monoisotopic (exact) mass is 227 g/mol. The van der Waals surface area contributed by atoms with Gasteiger partial charge in [0.05, 0.1) is 0 Å². The van der Waals surface area contributed by atoms with E-state index in [2.05, 4.69) is 4.98 Å². The number of oxazole rings is 1. The van der Waals surface area contributed by atoms with E-state index in [1.165, 1.54) is 11.8 Å². The quantitative estimate of drug-likeness (QED) is 0.662. The fraction of sp³-hybridized carbons (Fsp3) is 0. The van der Waals surface area contributed by atoms with Crippen molar-refractivity contribution in [2.45, 2.75) is 10.1 Å². The van der Waals surface area contributed by atoms with Crippen LogP contribution in [0.5, 0.6) is 0 Å². The highest BCUT2D eigenvalue weighted by atomic mass is 32.2. The molecule has 0 atom stereocenters. The Kier molecular flexibility index (Phi) is 2.38. The van der Waals surface area contributed by atoms with Crippen LogP contribution in [0.4, 0.5) is 0 Å². The molecule has 0 bridgehead atoms. The summed E-state index contributed by atoms with van der Waals surface area (Å²) in [6.07, 6.45) is 0. The van der Waals surface area contributed by atoms with Gasteiger partial charge >= 0.3 is 0 Å². The molecule has 2 nitrogen and oxygen atoms in total. The van der Waals surface area contributed by atoms with Gasteiger partial charge in [-0.15, -0.1) is 0 Å². The Hall–Kier alpha value is -1.74. The first kappa shape index (κ1) is 9.48. The summed E-state index contributed by atoms with van der Waals surface area (Å²) >= 11 is 1.54. The van der Waals surface area contributed by atoms with Crippen LogP contribution in [0.25, 0.3) is 11.1 Å². The molecule has 0 aliphatic carbocycles. The second-order valence-corrected chi connectivity index (χ2v) is 4.39. The molecular formula is C13H9NOS. The Bertz CT molecular complexity index is 570. The molecule has 3 heteroatoms. The summed E-state index contributed by atoms with van der Waals surface area (Å²) in [6.45, 7) is 0. The molecule has 0 amide bonds. The van der Waals surface area contributed by atoms with E-state index in [0.717, 1.165) is 16.0 Å². The smallest absolute Gasteiger partial charge is 0.261 e. The number of nitrogens with zero attached hydrogens (tertiary/aromatic N) is 1. The van der Waals surface area contributed by atoms with Gasteiger partial charge in [0, 0.05) is 4.90 Å². The summed E-state index contributed by atoms with van der Waals surface area (Å²) in [5, 5.41) is 0.687. The van der Waals surface area contributed by atoms with Crippen molar-refractivity contribution in [1.29, 1.82) is 0 Å². The van der Waals surface area contributed by atoms with Crippen LogP contribution in [0, 0.1) is 0 Å². The van der Waals surface area contributed by atoms with E-state index >= 15 is 0 Å². The zero-order valence-corrected chi connectivity index (χ0v) is 9.28. The predicted octanol–water partition coefficient (Wildman–Crippen LogP) is 3.98. The highest BCUT2D eigenvalue weighted by Crippen LogP contribution is 2.29. The first-order valence-electron chi connectivity index (χ1n) is 5.00. The highest BCUT2D eigenvalue weighted by molar-refractivity contribution is 7.99. The van der Waals surface area contributed by atoms with Gasteiger partial charge < -0.3 is 4.42 Å². The third-order valence-corrected chi connectivity index (χ3v) is 3.08. The number of hydrogen-bond acceptors (Lipinski definition) is 3. The molecule has 1 aromatic heterocycles. The van der Waals surface area contributed by atoms with Crippen molar-refractivity contribution in [1.82, 2.24) is 4.98 Å². The van der Waals surface area contributed by atoms with Crippen LogP contribution in [0.1, 0.15) is 0 Å². The molecule has 0 unspecified atom stereocenters. The van der Waals surface area contributed by atoms with Crippen LogP contribution < -0.4 is 0 Å². The van der Waals surface area contributed by atoms with Crippen molar-refractivity contribution in [2.24, 2.45) is 0 Å². The van der Waals surface area contributed by atoms with Crippen LogP contribution in [0.15, 0.2) is 69.1 Å². The van der Waals surface area contributed by atoms with Gasteiger partial charge in [-0.2, -0.15) is 0 Å². The van der Waals surface area contributed by atoms with Crippen molar-refractivity contribution in [2.75, 3.05) is 0 Å². The molecule has 0 radical (unpaired) electrons. The van der Waals surface area contributed by atoms with Crippen LogP contribution in [-0.4, -0.2) is 4.98 Å². The van der Waals surface area contributed by atoms with Gasteiger partial charge in [-0.25, -0.2) is 4.98 Å². The molecule has 0 saturated carbocycles. The topological polar surface area (TPSA) is 26.0 Å². The zero-order chi connectivity index (χ0) is 10.8. The normalized spacial score (nSPS) is 10.8. The maximum atomic E-state index is 5.62. The van der Waals surface area contributed by atoms with Gasteiger partial charge in [-0.3, -0.25) is 0 Å². The Morgan fingerprint density at radius 2 is 1.62 bits per heavy atom. The standard InChI is InChI=1S/C13H9NOS/c1-2-6-10(7-3-1)16-13-14-11-8-4-5-9-12(11)15-13/h1-9H. The van der Waals surface area contributed by atoms with Gasteiger partial charge in [-0.1, -0.05) is 30.3 Å². The van der Waals surface area contributed by atoms with Crippen LogP contribution in [0.3, 0.4) is 0 Å². The second kappa shape index (κ2) is 4.02. The average Bonchev–Trinajstić information content (AvgIpc) is 2.72. The number of para-hydroxylation sites is 2. The molecule has 2 aromatic carbocycles. The number of aromatic nitrogens is 1. The lowest BCUT2D eigenvalue weighted by molar-refractivity contribution is 0.489. The van der Waals surface area contributed by atoms with E-state index in [9.17, 15) is 0 Å². The maximum Gasteiger partial charge on any atom is 0.261 e. The predicted molar refractivity (Wildman–Crippen MR) is 64.6 cm³/mol. The van der Waals surface area contributed by atoms with Gasteiger partial charge in [-0.05, 0) is 36.0 Å². The lowest BCUT2D eigenvalue weighted by Gasteiger charge is -1.93. The van der Waals surface area contributed by atoms with Crippen LogP contribution in [-0.2, 0) is 0 Å². The minimum atomic E-state index is 0.687. The molecule has 16 heavy (non-hydrogen) atoms. The highest BCUT2D eigenvalue weighted by Gasteiger charge is 2.05. The van der Waals surface area contributed by atoms with Gasteiger partial charge in [0.15, 0.2) is 5.58 Å². The molecule has 78 valence electrons. The number of fused-ring (bicyclic) bond motifs is 1. The fourth-order valence-electron chi connectivity index (χ4n) is 1.48. The summed E-state index contributed by atoms with van der Waals surface area (Å²) in [5.41, 5.74) is 1.74. The second-order valence-electron chi connectivity index (χ2n) is 3.36. The van der Waals surface area contributed by atoms with Crippen molar-refractivity contribution < 1.29 is 4.42 Å². The fourth-order valence-corrected chi connectivity index (χ4v) is 2.25. The number of benzene rings is 2. The number of hydrogen-bond donors (Lipinski definition) is 0. The van der Waals surface area contributed by atoms with E-state index in [1.807, 2.05) is 54.6 Å². The van der Waals surface area contributed by atoms with Gasteiger partial charge in [0.25, 0.3) is 5.22 Å². The molecule has 0 N–H and O–H groups in total. The molecule has 0 aliphatic heterocycles. The van der Waals surface area contributed by atoms with Crippen molar-refractivity contribution in [3.05, 3.63) is 54.6 Å². The SMILES string of the molecule is c1ccc(Sc2nc3ccccc3o2)cc1. The molecule has 1 heterocycles. The maximum absolute atomic E-state index is 5.62. The van der Waals surface area contributed by atoms with E-state index in [0.29, 0.717) is 5.22 Å². The average molecular weight is 227 g/mol. The molecule has 0 spiro atoms. The Balaban J connectivity index is 1.95. The summed E-state index contributed by atoms with van der Waals surface area (Å²) in [5.74, 6) is 0. The van der Waals surface area contributed by atoms with Gasteiger partial charge in [0.2, 0.25) is 0 Å². The first-order valence-corrected chi connectivity index (χ1v) is 5.82. The summed E-state index contributed by atoms with van der Waals surface area (Å²) < 4.78 is 5.62. The Morgan fingerprint density at radius 1 is 0.875 bits per heavy atom. The lowest BCUT2D eigenvalue weighted by Crippen LogP contribution is -1.71. The third kappa shape index (κ3) is 1.82. The minimum absolute atomic E-state index is 0.687. The van der Waals surface area contributed by atoms with Crippen molar-refractivity contribution in [3.8, 4) is 0 Å². The zero-order valence-electron chi connectivity index (χ0n) is 8.46. The van der Waals surface area contributed by atoms with Crippen LogP contribution in [0.2, 0.25) is 0 Å². The summed E-state index contributed by atoms with van der Waals surface area (Å²) in [4.78, 5) is 5.54.